The van der Waals surface area contributed by atoms with Crippen molar-refractivity contribution in [3.05, 3.63) is 35.9 Å². The molecule has 1 aromatic heterocycles. The fraction of sp³-hybridized carbons (Fsp3) is 0.727. The lowest BCUT2D eigenvalue weighted by Crippen LogP contribution is -2.46. The SMILES string of the molecule is CC[Si](CC)(CC)OC(C)(C)CCC(F)(F)[C@@H](C)[C@H]1CC[C@H]2/C(=C/CS(=O)(=O)c3nc4ccccc4s3)CCC[C@]12C. The minimum atomic E-state index is -3.56. The molecule has 4 nitrogen and oxygen atoms in total. The van der Waals surface area contributed by atoms with Gasteiger partial charge in [-0.1, -0.05) is 58.4 Å². The molecule has 0 N–H and O–H groups in total. The molecule has 2 aromatic rings. The molecule has 1 heterocycles. The number of benzene rings is 1. The van der Waals surface area contributed by atoms with Gasteiger partial charge in [0.05, 0.1) is 21.6 Å². The summed E-state index contributed by atoms with van der Waals surface area (Å²) in [4.78, 5) is 4.37. The quantitative estimate of drug-likeness (QED) is 0.162. The van der Waals surface area contributed by atoms with Gasteiger partial charge in [-0.05, 0) is 99.9 Å². The normalized spacial score (nSPS) is 25.7. The molecule has 2 aliphatic carbocycles. The Balaban J connectivity index is 1.45. The number of hydrogen-bond acceptors (Lipinski definition) is 5. The number of allylic oxidation sites excluding steroid dienone is 1. The molecule has 0 unspecified atom stereocenters. The molecule has 0 radical (unpaired) electrons. The van der Waals surface area contributed by atoms with Crippen LogP contribution in [0.25, 0.3) is 10.2 Å². The Bertz CT molecular complexity index is 1330. The first-order valence-corrected chi connectivity index (χ1v) is 21.0. The van der Waals surface area contributed by atoms with Crippen LogP contribution in [0.15, 0.2) is 40.3 Å². The van der Waals surface area contributed by atoms with Crippen molar-refractivity contribution in [3.8, 4) is 0 Å². The average Bonchev–Trinajstić information content (AvgIpc) is 3.55. The predicted molar refractivity (Wildman–Crippen MR) is 174 cm³/mol. The van der Waals surface area contributed by atoms with Crippen LogP contribution in [0.5, 0.6) is 0 Å². The molecule has 2 aliphatic rings. The minimum absolute atomic E-state index is 0.0850. The van der Waals surface area contributed by atoms with Crippen molar-refractivity contribution in [2.24, 2.45) is 23.2 Å². The molecule has 0 bridgehead atoms. The first kappa shape index (κ1) is 33.7. The first-order valence-electron chi connectivity index (χ1n) is 16.0. The summed E-state index contributed by atoms with van der Waals surface area (Å²) in [6.45, 7) is 14.4. The van der Waals surface area contributed by atoms with Crippen LogP contribution in [0.1, 0.15) is 93.4 Å². The number of thiazole rings is 1. The Morgan fingerprint density at radius 3 is 2.45 bits per heavy atom. The molecule has 2 fully saturated rings. The third-order valence-electron chi connectivity index (χ3n) is 10.9. The van der Waals surface area contributed by atoms with E-state index in [9.17, 15) is 8.42 Å². The van der Waals surface area contributed by atoms with Crippen LogP contribution in [0, 0.1) is 23.2 Å². The fourth-order valence-corrected chi connectivity index (χ4v) is 13.7. The second-order valence-electron chi connectivity index (χ2n) is 13.8. The summed E-state index contributed by atoms with van der Waals surface area (Å²) in [7, 11) is -5.46. The molecule has 4 rings (SSSR count). The summed E-state index contributed by atoms with van der Waals surface area (Å²) in [5.41, 5.74) is 1.04. The maximum atomic E-state index is 15.9. The van der Waals surface area contributed by atoms with E-state index in [0.717, 1.165) is 60.5 Å². The van der Waals surface area contributed by atoms with Gasteiger partial charge in [-0.15, -0.1) is 11.3 Å². The van der Waals surface area contributed by atoms with E-state index < -0.39 is 35.6 Å². The van der Waals surface area contributed by atoms with E-state index in [1.54, 1.807) is 6.92 Å². The highest BCUT2D eigenvalue weighted by molar-refractivity contribution is 7.93. The smallest absolute Gasteiger partial charge is 0.251 e. The topological polar surface area (TPSA) is 56.3 Å². The van der Waals surface area contributed by atoms with Gasteiger partial charge in [0, 0.05) is 12.3 Å². The first-order chi connectivity index (χ1) is 19.6. The standard InChI is InChI=1S/C33H51F2NO3S2Si/c1-8-42(9-2,10-3)39-31(5,6)21-22-33(34,35)24(4)26-17-18-27-25(14-13-20-32(26,27)7)19-23-41(37,38)30-36-28-15-11-12-16-29(28)40-30/h11-12,15-16,19,24,26-27H,8-10,13-14,17-18,20-23H2,1-7H3/b25-19+/t24-,26+,27-,32+/m0/s1. The molecule has 9 heteroatoms. The van der Waals surface area contributed by atoms with Crippen molar-refractivity contribution in [1.29, 1.82) is 0 Å². The molecule has 0 spiro atoms. The molecule has 1 aromatic carbocycles. The maximum Gasteiger partial charge on any atom is 0.251 e. The highest BCUT2D eigenvalue weighted by Crippen LogP contribution is 2.61. The van der Waals surface area contributed by atoms with Crippen molar-refractivity contribution >= 4 is 39.7 Å². The van der Waals surface area contributed by atoms with Crippen LogP contribution in [-0.2, 0) is 14.3 Å². The maximum absolute atomic E-state index is 15.9. The molecule has 0 aliphatic heterocycles. The van der Waals surface area contributed by atoms with Crippen molar-refractivity contribution in [2.45, 2.75) is 127 Å². The molecule has 42 heavy (non-hydrogen) atoms. The Labute approximate surface area is 257 Å². The van der Waals surface area contributed by atoms with Crippen LogP contribution >= 0.6 is 11.3 Å². The monoisotopic (exact) mass is 639 g/mol. The number of sulfone groups is 1. The lowest BCUT2D eigenvalue weighted by atomic mass is 9.60. The van der Waals surface area contributed by atoms with Crippen LogP contribution in [0.4, 0.5) is 8.78 Å². The van der Waals surface area contributed by atoms with Crippen LogP contribution in [-0.4, -0.2) is 39.0 Å². The Morgan fingerprint density at radius 2 is 1.81 bits per heavy atom. The van der Waals surface area contributed by atoms with E-state index in [2.05, 4.69) is 32.7 Å². The summed E-state index contributed by atoms with van der Waals surface area (Å²) < 4.78 is 66.0. The van der Waals surface area contributed by atoms with Gasteiger partial charge in [0.15, 0.2) is 8.32 Å². The van der Waals surface area contributed by atoms with Gasteiger partial charge in [-0.2, -0.15) is 0 Å². The molecule has 236 valence electrons. The zero-order chi connectivity index (χ0) is 31.0. The second-order valence-corrected chi connectivity index (χ2v) is 21.7. The van der Waals surface area contributed by atoms with E-state index in [-0.39, 0.29) is 33.8 Å². The molecular formula is C33H51F2NO3S2Si. The highest BCUT2D eigenvalue weighted by atomic mass is 32.2. The fourth-order valence-electron chi connectivity index (χ4n) is 8.01. The number of hydrogen-bond donors (Lipinski definition) is 0. The van der Waals surface area contributed by atoms with Crippen molar-refractivity contribution < 1.29 is 21.6 Å². The summed E-state index contributed by atoms with van der Waals surface area (Å²) in [5, 5.41) is 0. The van der Waals surface area contributed by atoms with Crippen molar-refractivity contribution in [3.63, 3.8) is 0 Å². The van der Waals surface area contributed by atoms with E-state index in [0.29, 0.717) is 11.9 Å². The third kappa shape index (κ3) is 6.89. The number of para-hydroxylation sites is 1. The van der Waals surface area contributed by atoms with Gasteiger partial charge in [0.2, 0.25) is 14.2 Å². The van der Waals surface area contributed by atoms with Gasteiger partial charge in [-0.3, -0.25) is 0 Å². The zero-order valence-electron chi connectivity index (χ0n) is 26.6. The van der Waals surface area contributed by atoms with E-state index in [1.165, 1.54) is 11.3 Å². The largest absolute Gasteiger partial charge is 0.412 e. The molecule has 4 atom stereocenters. The number of fused-ring (bicyclic) bond motifs is 2. The summed E-state index contributed by atoms with van der Waals surface area (Å²) in [6.07, 6.45) is 6.35. The second kappa shape index (κ2) is 12.7. The molecular weight excluding hydrogens is 589 g/mol. The van der Waals surface area contributed by atoms with Gasteiger partial charge in [0.25, 0.3) is 5.92 Å². The van der Waals surface area contributed by atoms with Crippen molar-refractivity contribution in [2.75, 3.05) is 5.75 Å². The van der Waals surface area contributed by atoms with Crippen LogP contribution in [0.3, 0.4) is 0 Å². The van der Waals surface area contributed by atoms with E-state index >= 15 is 8.78 Å². The Morgan fingerprint density at radius 1 is 1.14 bits per heavy atom. The summed E-state index contributed by atoms with van der Waals surface area (Å²) >= 11 is 1.21. The average molecular weight is 640 g/mol. The Kier molecular flexibility index (Phi) is 10.2. The van der Waals surface area contributed by atoms with E-state index in [1.807, 2.05) is 44.2 Å². The molecule has 2 saturated carbocycles. The highest BCUT2D eigenvalue weighted by Gasteiger charge is 2.55. The van der Waals surface area contributed by atoms with Gasteiger partial charge in [0.1, 0.15) is 0 Å². The predicted octanol–water partition coefficient (Wildman–Crippen LogP) is 10.1. The minimum Gasteiger partial charge on any atom is -0.412 e. The number of halogens is 2. The molecule has 0 saturated heterocycles. The van der Waals surface area contributed by atoms with E-state index in [4.69, 9.17) is 4.43 Å². The zero-order valence-corrected chi connectivity index (χ0v) is 29.3. The number of aromatic nitrogens is 1. The number of rotatable bonds is 13. The summed E-state index contributed by atoms with van der Waals surface area (Å²) in [5.74, 6) is -3.54. The van der Waals surface area contributed by atoms with Crippen molar-refractivity contribution in [1.82, 2.24) is 4.98 Å². The van der Waals surface area contributed by atoms with Crippen LogP contribution in [0.2, 0.25) is 18.1 Å². The third-order valence-corrected chi connectivity index (χ3v) is 18.8. The lowest BCUT2D eigenvalue weighted by molar-refractivity contribution is -0.110. The van der Waals surface area contributed by atoms with Gasteiger partial charge in [-0.25, -0.2) is 22.2 Å². The number of nitrogens with zero attached hydrogens (tertiary/aromatic N) is 1. The van der Waals surface area contributed by atoms with Gasteiger partial charge >= 0.3 is 0 Å². The number of alkyl halides is 2. The van der Waals surface area contributed by atoms with Crippen LogP contribution < -0.4 is 0 Å². The van der Waals surface area contributed by atoms with Gasteiger partial charge < -0.3 is 4.43 Å². The molecule has 0 amide bonds. The lowest BCUT2D eigenvalue weighted by Gasteiger charge is -2.46. The summed E-state index contributed by atoms with van der Waals surface area (Å²) in [6, 6.07) is 10.5. The Hall–Kier alpha value is -1.16.